The van der Waals surface area contributed by atoms with Crippen LogP contribution < -0.4 is 10.5 Å². The molecule has 0 spiro atoms. The first-order valence-corrected chi connectivity index (χ1v) is 5.79. The summed E-state index contributed by atoms with van der Waals surface area (Å²) in [4.78, 5) is 13.9. The Labute approximate surface area is 111 Å². The van der Waals surface area contributed by atoms with Crippen LogP contribution in [0, 0.1) is 10.1 Å². The van der Waals surface area contributed by atoms with E-state index >= 15 is 0 Å². The minimum absolute atomic E-state index is 0.0211. The van der Waals surface area contributed by atoms with Crippen LogP contribution in [-0.4, -0.2) is 9.91 Å². The van der Waals surface area contributed by atoms with Crippen LogP contribution in [0.5, 0.6) is 11.5 Å². The van der Waals surface area contributed by atoms with Gasteiger partial charge in [-0.25, -0.2) is 4.98 Å². The van der Waals surface area contributed by atoms with E-state index < -0.39 is 4.92 Å². The van der Waals surface area contributed by atoms with Gasteiger partial charge in [0.05, 0.1) is 11.1 Å². The molecule has 0 saturated carbocycles. The number of non-ortho nitro benzene ring substituents is 1. The maximum atomic E-state index is 10.4. The van der Waals surface area contributed by atoms with E-state index in [0.717, 1.165) is 0 Å². The Morgan fingerprint density at radius 2 is 1.68 bits per heavy atom. The highest BCUT2D eigenvalue weighted by Gasteiger charge is 2.04. The zero-order valence-corrected chi connectivity index (χ0v) is 10.7. The van der Waals surface area contributed by atoms with Gasteiger partial charge in [0, 0.05) is 12.1 Å². The second-order valence-corrected chi connectivity index (χ2v) is 3.27. The molecule has 0 aliphatic heterocycles. The van der Waals surface area contributed by atoms with Gasteiger partial charge in [0.1, 0.15) is 17.3 Å². The smallest absolute Gasteiger partial charge is 0.269 e. The number of benzene rings is 1. The van der Waals surface area contributed by atoms with Gasteiger partial charge in [-0.15, -0.1) is 0 Å². The summed E-state index contributed by atoms with van der Waals surface area (Å²) >= 11 is 0. The predicted octanol–water partition coefficient (Wildman–Crippen LogP) is 3.39. The van der Waals surface area contributed by atoms with Crippen molar-refractivity contribution in [3.05, 3.63) is 52.7 Å². The molecular formula is C13H15N3O3. The van der Waals surface area contributed by atoms with Gasteiger partial charge in [0.25, 0.3) is 5.69 Å². The first-order chi connectivity index (χ1) is 9.15. The normalized spacial score (nSPS) is 9.16. The van der Waals surface area contributed by atoms with Gasteiger partial charge >= 0.3 is 0 Å². The van der Waals surface area contributed by atoms with E-state index in [2.05, 4.69) is 4.98 Å². The number of nitrogens with two attached hydrogens (primary N) is 1. The van der Waals surface area contributed by atoms with Crippen LogP contribution in [0.3, 0.4) is 0 Å². The van der Waals surface area contributed by atoms with E-state index in [4.69, 9.17) is 10.5 Å². The van der Waals surface area contributed by atoms with Crippen LogP contribution in [-0.2, 0) is 0 Å². The molecule has 0 radical (unpaired) electrons. The van der Waals surface area contributed by atoms with Gasteiger partial charge in [-0.05, 0) is 24.3 Å². The molecule has 0 aliphatic carbocycles. The number of hydrogen-bond acceptors (Lipinski definition) is 5. The molecule has 0 saturated heterocycles. The fraction of sp³-hybridized carbons (Fsp3) is 0.154. The summed E-state index contributed by atoms with van der Waals surface area (Å²) in [6, 6.07) is 9.08. The lowest BCUT2D eigenvalue weighted by molar-refractivity contribution is -0.384. The molecule has 19 heavy (non-hydrogen) atoms. The highest BCUT2D eigenvalue weighted by atomic mass is 16.6. The number of pyridine rings is 1. The second kappa shape index (κ2) is 6.95. The third-order valence-electron chi connectivity index (χ3n) is 2.04. The molecule has 0 atom stereocenters. The van der Waals surface area contributed by atoms with Crippen LogP contribution in [0.4, 0.5) is 11.5 Å². The molecule has 2 N–H and O–H groups in total. The number of aromatic nitrogens is 1. The second-order valence-electron chi connectivity index (χ2n) is 3.27. The summed E-state index contributed by atoms with van der Waals surface area (Å²) < 4.78 is 5.43. The predicted molar refractivity (Wildman–Crippen MR) is 73.2 cm³/mol. The van der Waals surface area contributed by atoms with Gasteiger partial charge in [0.15, 0.2) is 0 Å². The zero-order chi connectivity index (χ0) is 14.3. The van der Waals surface area contributed by atoms with E-state index in [1.807, 2.05) is 13.8 Å². The molecule has 6 nitrogen and oxygen atoms in total. The average molecular weight is 261 g/mol. The third kappa shape index (κ3) is 4.27. The number of nitrogens with zero attached hydrogens (tertiary/aromatic N) is 2. The number of nitro benzene ring substituents is 1. The summed E-state index contributed by atoms with van der Waals surface area (Å²) in [6.07, 6.45) is 1.48. The molecule has 1 aromatic heterocycles. The van der Waals surface area contributed by atoms with E-state index in [1.165, 1.54) is 30.5 Å². The number of rotatable bonds is 3. The van der Waals surface area contributed by atoms with Gasteiger partial charge in [-0.3, -0.25) is 10.1 Å². The molecule has 0 amide bonds. The third-order valence-corrected chi connectivity index (χ3v) is 2.04. The standard InChI is InChI=1S/C11H9N3O3.C2H6/c12-11-6-5-10(7-13-11)17-9-3-1-8(2-4-9)14(15)16;1-2/h1-7H,(H2,12,13);1-2H3. The summed E-state index contributed by atoms with van der Waals surface area (Å²) in [5.74, 6) is 1.43. The fourth-order valence-electron chi connectivity index (χ4n) is 1.22. The number of hydrogen-bond donors (Lipinski definition) is 1. The van der Waals surface area contributed by atoms with Crippen LogP contribution in [0.2, 0.25) is 0 Å². The Balaban J connectivity index is 0.000000861. The Morgan fingerprint density at radius 1 is 1.11 bits per heavy atom. The molecule has 1 heterocycles. The average Bonchev–Trinajstić information content (AvgIpc) is 2.44. The molecule has 0 bridgehead atoms. The van der Waals surface area contributed by atoms with Gasteiger partial charge < -0.3 is 10.5 Å². The highest BCUT2D eigenvalue weighted by molar-refractivity contribution is 5.39. The summed E-state index contributed by atoms with van der Waals surface area (Å²) in [5, 5.41) is 10.4. The van der Waals surface area contributed by atoms with Crippen molar-refractivity contribution in [2.45, 2.75) is 13.8 Å². The van der Waals surface area contributed by atoms with Gasteiger partial charge in [-0.1, -0.05) is 13.8 Å². The minimum Gasteiger partial charge on any atom is -0.456 e. The summed E-state index contributed by atoms with van der Waals surface area (Å²) in [7, 11) is 0. The van der Waals surface area contributed by atoms with Crippen molar-refractivity contribution in [3.8, 4) is 11.5 Å². The van der Waals surface area contributed by atoms with Crippen molar-refractivity contribution in [1.82, 2.24) is 4.98 Å². The van der Waals surface area contributed by atoms with Crippen molar-refractivity contribution in [2.24, 2.45) is 0 Å². The Kier molecular flexibility index (Phi) is 5.28. The molecule has 2 rings (SSSR count). The minimum atomic E-state index is -0.464. The largest absolute Gasteiger partial charge is 0.456 e. The first-order valence-electron chi connectivity index (χ1n) is 5.79. The molecule has 1 aromatic carbocycles. The lowest BCUT2D eigenvalue weighted by Gasteiger charge is -2.04. The Hall–Kier alpha value is -2.63. The van der Waals surface area contributed by atoms with Crippen LogP contribution in [0.25, 0.3) is 0 Å². The first kappa shape index (κ1) is 14.4. The van der Waals surface area contributed by atoms with Crippen LogP contribution in [0.1, 0.15) is 13.8 Å². The lowest BCUT2D eigenvalue weighted by atomic mass is 10.3. The highest BCUT2D eigenvalue weighted by Crippen LogP contribution is 2.23. The van der Waals surface area contributed by atoms with E-state index in [-0.39, 0.29) is 5.69 Å². The zero-order valence-electron chi connectivity index (χ0n) is 10.7. The number of nitrogen functional groups attached to an aromatic ring is 1. The number of ether oxygens (including phenoxy) is 1. The SMILES string of the molecule is CC.Nc1ccc(Oc2ccc([N+](=O)[O-])cc2)cn1. The van der Waals surface area contributed by atoms with Crippen molar-refractivity contribution in [1.29, 1.82) is 0 Å². The van der Waals surface area contributed by atoms with Crippen molar-refractivity contribution in [2.75, 3.05) is 5.73 Å². The molecule has 0 fully saturated rings. The Bertz CT molecular complexity index is 524. The lowest BCUT2D eigenvalue weighted by Crippen LogP contribution is -1.91. The van der Waals surface area contributed by atoms with Crippen LogP contribution in [0.15, 0.2) is 42.6 Å². The van der Waals surface area contributed by atoms with E-state index in [9.17, 15) is 10.1 Å². The summed E-state index contributed by atoms with van der Waals surface area (Å²) in [5.41, 5.74) is 5.45. The van der Waals surface area contributed by atoms with Crippen molar-refractivity contribution in [3.63, 3.8) is 0 Å². The molecule has 2 aromatic rings. The summed E-state index contributed by atoms with van der Waals surface area (Å²) in [6.45, 7) is 4.00. The molecular weight excluding hydrogens is 246 g/mol. The van der Waals surface area contributed by atoms with E-state index in [1.54, 1.807) is 12.1 Å². The number of anilines is 1. The molecule has 0 unspecified atom stereocenters. The molecule has 100 valence electrons. The monoisotopic (exact) mass is 261 g/mol. The maximum Gasteiger partial charge on any atom is 0.269 e. The van der Waals surface area contributed by atoms with Crippen LogP contribution >= 0.6 is 0 Å². The Morgan fingerprint density at radius 3 is 2.16 bits per heavy atom. The quantitative estimate of drug-likeness (QED) is 0.675. The van der Waals surface area contributed by atoms with Gasteiger partial charge in [-0.2, -0.15) is 0 Å². The van der Waals surface area contributed by atoms with E-state index in [0.29, 0.717) is 17.3 Å². The topological polar surface area (TPSA) is 91.3 Å². The fourth-order valence-corrected chi connectivity index (χ4v) is 1.22. The molecule has 0 aliphatic rings. The van der Waals surface area contributed by atoms with Gasteiger partial charge in [0.2, 0.25) is 0 Å². The molecule has 6 heteroatoms. The van der Waals surface area contributed by atoms with Crippen molar-refractivity contribution < 1.29 is 9.66 Å². The van der Waals surface area contributed by atoms with Crippen molar-refractivity contribution >= 4 is 11.5 Å². The number of nitro groups is 1. The maximum absolute atomic E-state index is 10.4.